The third kappa shape index (κ3) is 6.34. The van der Waals surface area contributed by atoms with Gasteiger partial charge in [0, 0.05) is 42.1 Å². The molecule has 9 heteroatoms. The fraction of sp³-hybridized carbons (Fsp3) is 0.286. The molecule has 0 aliphatic carbocycles. The van der Waals surface area contributed by atoms with Gasteiger partial charge in [-0.15, -0.1) is 0 Å². The number of amides is 1. The van der Waals surface area contributed by atoms with E-state index in [9.17, 15) is 13.6 Å². The first-order chi connectivity index (χ1) is 17.8. The molecule has 0 fully saturated rings. The van der Waals surface area contributed by atoms with Crippen molar-refractivity contribution in [3.8, 4) is 5.75 Å². The van der Waals surface area contributed by atoms with E-state index in [1.54, 1.807) is 31.2 Å². The first kappa shape index (κ1) is 26.8. The van der Waals surface area contributed by atoms with Crippen molar-refractivity contribution in [3.63, 3.8) is 0 Å². The molecule has 4 rings (SSSR count). The number of rotatable bonds is 10. The molecule has 6 nitrogen and oxygen atoms in total. The van der Waals surface area contributed by atoms with Crippen molar-refractivity contribution in [2.75, 3.05) is 13.2 Å². The first-order valence-electron chi connectivity index (χ1n) is 11.9. The molecule has 0 saturated carbocycles. The Morgan fingerprint density at radius 3 is 2.51 bits per heavy atom. The maximum Gasteiger partial charge on any atom is 0.252 e. The van der Waals surface area contributed by atoms with Gasteiger partial charge in [0.1, 0.15) is 23.5 Å². The minimum absolute atomic E-state index is 0.0520. The number of hydrogen-bond donors (Lipinski definition) is 2. The van der Waals surface area contributed by atoms with Crippen LogP contribution in [0.5, 0.6) is 5.75 Å². The zero-order chi connectivity index (χ0) is 26.4. The van der Waals surface area contributed by atoms with Crippen LogP contribution in [0.15, 0.2) is 76.2 Å². The Morgan fingerprint density at radius 1 is 1.14 bits per heavy atom. The molecule has 1 amide bonds. The van der Waals surface area contributed by atoms with Crippen LogP contribution >= 0.6 is 15.9 Å². The topological polar surface area (TPSA) is 80.2 Å². The first-order valence-corrected chi connectivity index (χ1v) is 12.7. The van der Waals surface area contributed by atoms with E-state index in [-0.39, 0.29) is 19.6 Å². The average Bonchev–Trinajstić information content (AvgIpc) is 3.21. The van der Waals surface area contributed by atoms with Crippen LogP contribution in [0.3, 0.4) is 0 Å². The van der Waals surface area contributed by atoms with Gasteiger partial charge < -0.3 is 19.9 Å². The molecular formula is C28H27BrF2N2O4. The van der Waals surface area contributed by atoms with Crippen molar-refractivity contribution < 1.29 is 28.2 Å². The van der Waals surface area contributed by atoms with Crippen molar-refractivity contribution in [2.24, 2.45) is 4.99 Å². The lowest BCUT2D eigenvalue weighted by atomic mass is 9.86. The van der Waals surface area contributed by atoms with Crippen LogP contribution in [0.25, 0.3) is 0 Å². The molecule has 1 aliphatic rings. The number of carbonyl (C=O) groups excluding carboxylic acids is 1. The Morgan fingerprint density at radius 2 is 1.84 bits per heavy atom. The van der Waals surface area contributed by atoms with E-state index < -0.39 is 29.2 Å². The highest BCUT2D eigenvalue weighted by Crippen LogP contribution is 2.34. The number of benzene rings is 3. The van der Waals surface area contributed by atoms with Crippen LogP contribution in [0.4, 0.5) is 8.78 Å². The second kappa shape index (κ2) is 11.8. The molecule has 0 saturated heterocycles. The van der Waals surface area contributed by atoms with Gasteiger partial charge in [0.25, 0.3) is 5.91 Å². The zero-order valence-electron chi connectivity index (χ0n) is 20.2. The molecule has 0 radical (unpaired) electrons. The van der Waals surface area contributed by atoms with E-state index >= 15 is 0 Å². The van der Waals surface area contributed by atoms with E-state index in [0.717, 1.165) is 16.1 Å². The maximum absolute atomic E-state index is 13.7. The van der Waals surface area contributed by atoms with Crippen molar-refractivity contribution in [1.82, 2.24) is 5.32 Å². The second-order valence-electron chi connectivity index (χ2n) is 8.78. The lowest BCUT2D eigenvalue weighted by Gasteiger charge is -2.28. The predicted octanol–water partition coefficient (Wildman–Crippen LogP) is 4.95. The monoisotopic (exact) mass is 572 g/mol. The third-order valence-electron chi connectivity index (χ3n) is 6.12. The number of nitrogens with zero attached hydrogens (tertiary/aromatic N) is 1. The lowest BCUT2D eigenvalue weighted by molar-refractivity contribution is -0.128. The number of nitrogens with one attached hydrogen (secondary N) is 1. The highest BCUT2D eigenvalue weighted by molar-refractivity contribution is 9.10. The van der Waals surface area contributed by atoms with Gasteiger partial charge in [-0.3, -0.25) is 4.79 Å². The molecule has 194 valence electrons. The summed E-state index contributed by atoms with van der Waals surface area (Å²) in [5.74, 6) is -0.890. The molecule has 37 heavy (non-hydrogen) atoms. The Bertz CT molecular complexity index is 1270. The van der Waals surface area contributed by atoms with Crippen molar-refractivity contribution in [1.29, 1.82) is 0 Å². The standard InChI is InChI=1S/C28H27BrF2N2O4/c1-18-28(16-21-5-2-3-6-25(21)29,27(35)32-17-19-13-22(30)15-23(31)14-19)33-26(37-18)20-7-9-24(10-8-20)36-12-4-11-34/h2-3,5-10,13-15,18,34H,4,11-12,16-17H2,1H3,(H,32,35)/t18-,28-/m1/s1. The van der Waals surface area contributed by atoms with Crippen LogP contribution in [0.2, 0.25) is 0 Å². The van der Waals surface area contributed by atoms with Crippen molar-refractivity contribution >= 4 is 27.7 Å². The van der Waals surface area contributed by atoms with Crippen LogP contribution in [-0.4, -0.2) is 41.8 Å². The van der Waals surface area contributed by atoms with E-state index in [0.29, 0.717) is 35.8 Å². The van der Waals surface area contributed by atoms with Crippen LogP contribution in [0, 0.1) is 11.6 Å². The summed E-state index contributed by atoms with van der Waals surface area (Å²) < 4.78 is 39.8. The molecule has 3 aromatic rings. The van der Waals surface area contributed by atoms with Gasteiger partial charge in [-0.05, 0) is 60.5 Å². The SMILES string of the molecule is C[C@H]1OC(c2ccc(OCCCO)cc2)=N[C@@]1(Cc1ccccc1Br)C(=O)NCc1cc(F)cc(F)c1. The summed E-state index contributed by atoms with van der Waals surface area (Å²) in [6.45, 7) is 2.16. The van der Waals surface area contributed by atoms with E-state index in [1.807, 2.05) is 24.3 Å². The van der Waals surface area contributed by atoms with Gasteiger partial charge in [0.15, 0.2) is 5.54 Å². The van der Waals surface area contributed by atoms with Gasteiger partial charge >= 0.3 is 0 Å². The summed E-state index contributed by atoms with van der Waals surface area (Å²) in [4.78, 5) is 18.5. The third-order valence-corrected chi connectivity index (χ3v) is 6.89. The highest BCUT2D eigenvalue weighted by atomic mass is 79.9. The number of aliphatic hydroxyl groups is 1. The number of hydrogen-bond acceptors (Lipinski definition) is 5. The fourth-order valence-corrected chi connectivity index (χ4v) is 4.55. The highest BCUT2D eigenvalue weighted by Gasteiger charge is 2.50. The summed E-state index contributed by atoms with van der Waals surface area (Å²) in [7, 11) is 0. The summed E-state index contributed by atoms with van der Waals surface area (Å²) in [6, 6.07) is 17.8. The minimum atomic E-state index is -1.32. The van der Waals surface area contributed by atoms with E-state index in [2.05, 4.69) is 21.2 Å². The van der Waals surface area contributed by atoms with Crippen LogP contribution in [0.1, 0.15) is 30.0 Å². The molecule has 2 atom stereocenters. The molecule has 0 aromatic heterocycles. The van der Waals surface area contributed by atoms with Crippen molar-refractivity contribution in [3.05, 3.63) is 99.5 Å². The Labute approximate surface area is 222 Å². The molecule has 0 bridgehead atoms. The zero-order valence-corrected chi connectivity index (χ0v) is 21.8. The molecule has 2 N–H and O–H groups in total. The van der Waals surface area contributed by atoms with Gasteiger partial charge in [-0.25, -0.2) is 13.8 Å². The molecular weight excluding hydrogens is 546 g/mol. The number of aliphatic imine (C=N–C) groups is 1. The predicted molar refractivity (Wildman–Crippen MR) is 140 cm³/mol. The molecule has 1 heterocycles. The van der Waals surface area contributed by atoms with E-state index in [4.69, 9.17) is 19.6 Å². The number of aliphatic hydroxyl groups excluding tert-OH is 1. The van der Waals surface area contributed by atoms with Gasteiger partial charge in [-0.1, -0.05) is 34.1 Å². The Hall–Kier alpha value is -3.30. The lowest BCUT2D eigenvalue weighted by Crippen LogP contribution is -2.52. The summed E-state index contributed by atoms with van der Waals surface area (Å²) in [5, 5.41) is 11.7. The maximum atomic E-state index is 13.7. The molecule has 1 aliphatic heterocycles. The number of carbonyl (C=O) groups is 1. The van der Waals surface area contributed by atoms with Gasteiger partial charge in [-0.2, -0.15) is 0 Å². The van der Waals surface area contributed by atoms with Gasteiger partial charge in [0.05, 0.1) is 6.61 Å². The summed E-state index contributed by atoms with van der Waals surface area (Å²) >= 11 is 3.55. The van der Waals surface area contributed by atoms with Gasteiger partial charge in [0.2, 0.25) is 5.90 Å². The molecule has 0 unspecified atom stereocenters. The summed E-state index contributed by atoms with van der Waals surface area (Å²) in [5.41, 5.74) is 0.522. The minimum Gasteiger partial charge on any atom is -0.494 e. The van der Waals surface area contributed by atoms with Crippen LogP contribution < -0.4 is 10.1 Å². The summed E-state index contributed by atoms with van der Waals surface area (Å²) in [6.07, 6.45) is 0.147. The number of halogens is 3. The molecule has 0 spiro atoms. The Balaban J connectivity index is 1.62. The van der Waals surface area contributed by atoms with Crippen molar-refractivity contribution in [2.45, 2.75) is 38.0 Å². The van der Waals surface area contributed by atoms with E-state index in [1.165, 1.54) is 12.1 Å². The average molecular weight is 573 g/mol. The fourth-order valence-electron chi connectivity index (χ4n) is 4.12. The smallest absolute Gasteiger partial charge is 0.252 e. The quantitative estimate of drug-likeness (QED) is 0.337. The second-order valence-corrected chi connectivity index (χ2v) is 9.63. The Kier molecular flexibility index (Phi) is 8.56. The normalized spacial score (nSPS) is 18.7. The number of ether oxygens (including phenoxy) is 2. The largest absolute Gasteiger partial charge is 0.494 e. The molecule has 3 aromatic carbocycles. The van der Waals surface area contributed by atoms with Crippen LogP contribution in [-0.2, 0) is 22.5 Å².